The Kier molecular flexibility index (Phi) is 10.3. The maximum absolute atomic E-state index is 5.42. The van der Waals surface area contributed by atoms with Crippen LogP contribution in [0.4, 0.5) is 0 Å². The topological polar surface area (TPSA) is 33.3 Å². The summed E-state index contributed by atoms with van der Waals surface area (Å²) in [7, 11) is 0. The normalized spacial score (nSPS) is 11.6. The second-order valence-electron chi connectivity index (χ2n) is 4.62. The summed E-state index contributed by atoms with van der Waals surface area (Å²) in [5, 5.41) is 6.79. The van der Waals surface area contributed by atoms with E-state index in [4.69, 9.17) is 4.74 Å². The molecule has 2 N–H and O–H groups in total. The van der Waals surface area contributed by atoms with Gasteiger partial charge in [0.2, 0.25) is 0 Å². The zero-order chi connectivity index (χ0) is 11.5. The van der Waals surface area contributed by atoms with Gasteiger partial charge in [0.25, 0.3) is 0 Å². The van der Waals surface area contributed by atoms with Gasteiger partial charge in [-0.15, -0.1) is 0 Å². The van der Waals surface area contributed by atoms with Crippen LogP contribution < -0.4 is 10.6 Å². The highest BCUT2D eigenvalue weighted by atomic mass is 16.5. The summed E-state index contributed by atoms with van der Waals surface area (Å²) in [6.07, 6.45) is 1.54. The first-order valence-corrected chi connectivity index (χ1v) is 6.16. The molecule has 0 aliphatic heterocycles. The minimum absolute atomic E-state index is 0.347. The molecular weight excluding hydrogens is 188 g/mol. The third-order valence-electron chi connectivity index (χ3n) is 1.99. The third kappa shape index (κ3) is 13.9. The van der Waals surface area contributed by atoms with Gasteiger partial charge >= 0.3 is 0 Å². The second-order valence-corrected chi connectivity index (χ2v) is 4.62. The van der Waals surface area contributed by atoms with E-state index < -0.39 is 0 Å². The van der Waals surface area contributed by atoms with Crippen LogP contribution in [-0.4, -0.2) is 38.9 Å². The zero-order valence-electron chi connectivity index (χ0n) is 10.8. The molecule has 0 radical (unpaired) electrons. The standard InChI is InChI=1S/C12H28N2O/c1-11(2)10-14-7-5-6-13-8-9-15-12(3)4/h11-14H,5-10H2,1-4H3. The molecular formula is C12H28N2O. The van der Waals surface area contributed by atoms with Crippen LogP contribution in [0.3, 0.4) is 0 Å². The van der Waals surface area contributed by atoms with Crippen LogP contribution in [0.2, 0.25) is 0 Å². The number of rotatable bonds is 10. The molecule has 0 saturated heterocycles. The Balaban J connectivity index is 2.93. The lowest BCUT2D eigenvalue weighted by Crippen LogP contribution is -2.27. The Labute approximate surface area is 95.0 Å². The van der Waals surface area contributed by atoms with Gasteiger partial charge in [0.15, 0.2) is 0 Å². The van der Waals surface area contributed by atoms with E-state index in [0.717, 1.165) is 38.7 Å². The summed E-state index contributed by atoms with van der Waals surface area (Å²) < 4.78 is 5.42. The minimum Gasteiger partial charge on any atom is -0.377 e. The Morgan fingerprint density at radius 1 is 0.933 bits per heavy atom. The van der Waals surface area contributed by atoms with Crippen molar-refractivity contribution < 1.29 is 4.74 Å². The fourth-order valence-electron chi connectivity index (χ4n) is 1.22. The highest BCUT2D eigenvalue weighted by molar-refractivity contribution is 4.54. The first kappa shape index (κ1) is 14.9. The average molecular weight is 216 g/mol. The third-order valence-corrected chi connectivity index (χ3v) is 1.99. The molecule has 0 aromatic carbocycles. The predicted molar refractivity (Wildman–Crippen MR) is 66.3 cm³/mol. The van der Waals surface area contributed by atoms with Gasteiger partial charge in [-0.2, -0.15) is 0 Å². The number of hydrogen-bond donors (Lipinski definition) is 2. The zero-order valence-corrected chi connectivity index (χ0v) is 10.8. The summed E-state index contributed by atoms with van der Waals surface area (Å²) in [6.45, 7) is 13.7. The maximum Gasteiger partial charge on any atom is 0.0594 e. The van der Waals surface area contributed by atoms with Gasteiger partial charge in [-0.05, 0) is 45.8 Å². The minimum atomic E-state index is 0.347. The van der Waals surface area contributed by atoms with Crippen molar-refractivity contribution in [2.75, 3.05) is 32.8 Å². The van der Waals surface area contributed by atoms with Crippen molar-refractivity contribution in [3.63, 3.8) is 0 Å². The first-order chi connectivity index (χ1) is 7.13. The fraction of sp³-hybridized carbons (Fsp3) is 1.00. The molecule has 0 saturated carbocycles. The van der Waals surface area contributed by atoms with Crippen molar-refractivity contribution in [3.05, 3.63) is 0 Å². The van der Waals surface area contributed by atoms with Gasteiger partial charge in [-0.25, -0.2) is 0 Å². The largest absolute Gasteiger partial charge is 0.377 e. The summed E-state index contributed by atoms with van der Waals surface area (Å²) in [5.41, 5.74) is 0. The van der Waals surface area contributed by atoms with Crippen molar-refractivity contribution in [1.29, 1.82) is 0 Å². The summed E-state index contributed by atoms with van der Waals surface area (Å²) >= 11 is 0. The van der Waals surface area contributed by atoms with Crippen molar-refractivity contribution in [2.24, 2.45) is 5.92 Å². The number of hydrogen-bond acceptors (Lipinski definition) is 3. The molecule has 0 aliphatic carbocycles. The molecule has 0 bridgehead atoms. The van der Waals surface area contributed by atoms with Gasteiger partial charge in [-0.1, -0.05) is 13.8 Å². The summed E-state index contributed by atoms with van der Waals surface area (Å²) in [5.74, 6) is 0.748. The average Bonchev–Trinajstić information content (AvgIpc) is 2.14. The van der Waals surface area contributed by atoms with Gasteiger partial charge in [0, 0.05) is 6.54 Å². The van der Waals surface area contributed by atoms with Crippen molar-refractivity contribution in [3.8, 4) is 0 Å². The van der Waals surface area contributed by atoms with E-state index in [2.05, 4.69) is 38.3 Å². The molecule has 0 atom stereocenters. The molecule has 0 heterocycles. The van der Waals surface area contributed by atoms with E-state index >= 15 is 0 Å². The molecule has 0 aromatic heterocycles. The smallest absolute Gasteiger partial charge is 0.0594 e. The molecule has 3 nitrogen and oxygen atoms in total. The highest BCUT2D eigenvalue weighted by Crippen LogP contribution is 1.87. The van der Waals surface area contributed by atoms with E-state index in [1.54, 1.807) is 0 Å². The predicted octanol–water partition coefficient (Wildman–Crippen LogP) is 1.64. The number of nitrogens with one attached hydrogen (secondary N) is 2. The van der Waals surface area contributed by atoms with Gasteiger partial charge < -0.3 is 15.4 Å². The van der Waals surface area contributed by atoms with Crippen LogP contribution in [0.1, 0.15) is 34.1 Å². The van der Waals surface area contributed by atoms with Crippen molar-refractivity contribution >= 4 is 0 Å². The Hall–Kier alpha value is -0.120. The van der Waals surface area contributed by atoms with E-state index in [0.29, 0.717) is 6.10 Å². The maximum atomic E-state index is 5.42. The van der Waals surface area contributed by atoms with Crippen LogP contribution in [0.25, 0.3) is 0 Å². The fourth-order valence-corrected chi connectivity index (χ4v) is 1.22. The second kappa shape index (κ2) is 10.4. The van der Waals surface area contributed by atoms with E-state index in [9.17, 15) is 0 Å². The van der Waals surface area contributed by atoms with Crippen LogP contribution in [-0.2, 0) is 4.74 Å². The van der Waals surface area contributed by atoms with Crippen LogP contribution in [0, 0.1) is 5.92 Å². The van der Waals surface area contributed by atoms with Crippen LogP contribution >= 0.6 is 0 Å². The SMILES string of the molecule is CC(C)CNCCCNCCOC(C)C. The first-order valence-electron chi connectivity index (χ1n) is 6.16. The Morgan fingerprint density at radius 3 is 2.20 bits per heavy atom. The molecule has 0 aliphatic rings. The highest BCUT2D eigenvalue weighted by Gasteiger charge is 1.94. The Morgan fingerprint density at radius 2 is 1.60 bits per heavy atom. The lowest BCUT2D eigenvalue weighted by atomic mass is 10.2. The molecule has 0 rings (SSSR count). The van der Waals surface area contributed by atoms with Gasteiger partial charge in [0.05, 0.1) is 12.7 Å². The Bertz CT molecular complexity index is 113. The van der Waals surface area contributed by atoms with Crippen molar-refractivity contribution in [1.82, 2.24) is 10.6 Å². The molecule has 3 heteroatoms. The van der Waals surface area contributed by atoms with Crippen LogP contribution in [0.15, 0.2) is 0 Å². The molecule has 0 fully saturated rings. The number of ether oxygens (including phenoxy) is 1. The lowest BCUT2D eigenvalue weighted by Gasteiger charge is -2.09. The van der Waals surface area contributed by atoms with Crippen LogP contribution in [0.5, 0.6) is 0 Å². The quantitative estimate of drug-likeness (QED) is 0.545. The molecule has 92 valence electrons. The monoisotopic (exact) mass is 216 g/mol. The van der Waals surface area contributed by atoms with Gasteiger partial charge in [-0.3, -0.25) is 0 Å². The molecule has 0 spiro atoms. The molecule has 0 unspecified atom stereocenters. The van der Waals surface area contributed by atoms with E-state index in [-0.39, 0.29) is 0 Å². The lowest BCUT2D eigenvalue weighted by molar-refractivity contribution is 0.0809. The van der Waals surface area contributed by atoms with E-state index in [1.807, 2.05) is 0 Å². The van der Waals surface area contributed by atoms with Crippen molar-refractivity contribution in [2.45, 2.75) is 40.2 Å². The summed E-state index contributed by atoms with van der Waals surface area (Å²) in [6, 6.07) is 0. The summed E-state index contributed by atoms with van der Waals surface area (Å²) in [4.78, 5) is 0. The molecule has 0 amide bonds. The van der Waals surface area contributed by atoms with E-state index in [1.165, 1.54) is 6.42 Å². The van der Waals surface area contributed by atoms with Gasteiger partial charge in [0.1, 0.15) is 0 Å². The molecule has 15 heavy (non-hydrogen) atoms. The molecule has 0 aromatic rings.